The van der Waals surface area contributed by atoms with Crippen molar-refractivity contribution in [3.05, 3.63) is 59.7 Å². The number of benzene rings is 2. The van der Waals surface area contributed by atoms with Gasteiger partial charge in [0, 0.05) is 37.8 Å². The maximum absolute atomic E-state index is 13.1. The van der Waals surface area contributed by atoms with E-state index in [0.717, 1.165) is 49.4 Å². The Morgan fingerprint density at radius 1 is 0.872 bits per heavy atom. The van der Waals surface area contributed by atoms with E-state index in [9.17, 15) is 4.79 Å². The smallest absolute Gasteiger partial charge is 0.176 e. The van der Waals surface area contributed by atoms with Crippen LogP contribution in [0.4, 0.5) is 5.69 Å². The van der Waals surface area contributed by atoms with E-state index in [1.807, 2.05) is 38.4 Å². The SMILES string of the molecule is CN(C)c1ccc(C(=O)CN2CCCC2c2cccc(OCCC(N3CCCCC3)N3CCCCC3)c2)cc1. The predicted octanol–water partition coefficient (Wildman–Crippen LogP) is 5.84. The molecular weight excluding hydrogens is 484 g/mol. The van der Waals surface area contributed by atoms with Gasteiger partial charge in [-0.25, -0.2) is 0 Å². The summed E-state index contributed by atoms with van der Waals surface area (Å²) < 4.78 is 6.39. The number of hydrogen-bond acceptors (Lipinski definition) is 6. The topological polar surface area (TPSA) is 39.3 Å². The lowest BCUT2D eigenvalue weighted by Crippen LogP contribution is -2.52. The Morgan fingerprint density at radius 3 is 2.18 bits per heavy atom. The lowest BCUT2D eigenvalue weighted by molar-refractivity contribution is 0.00453. The largest absolute Gasteiger partial charge is 0.493 e. The summed E-state index contributed by atoms with van der Waals surface area (Å²) in [5.41, 5.74) is 3.17. The van der Waals surface area contributed by atoms with Gasteiger partial charge in [0.15, 0.2) is 5.78 Å². The van der Waals surface area contributed by atoms with Crippen LogP contribution in [-0.4, -0.2) is 86.6 Å². The van der Waals surface area contributed by atoms with Crippen LogP contribution in [0.15, 0.2) is 48.5 Å². The Bertz CT molecular complexity index is 1030. The number of piperidine rings is 2. The summed E-state index contributed by atoms with van der Waals surface area (Å²) >= 11 is 0. The van der Waals surface area contributed by atoms with Gasteiger partial charge in [-0.3, -0.25) is 19.5 Å². The molecule has 0 aromatic heterocycles. The van der Waals surface area contributed by atoms with E-state index in [1.165, 1.54) is 70.3 Å². The quantitative estimate of drug-likeness (QED) is 0.339. The first kappa shape index (κ1) is 28.1. The van der Waals surface area contributed by atoms with Crippen LogP contribution in [0, 0.1) is 0 Å². The minimum absolute atomic E-state index is 0.195. The predicted molar refractivity (Wildman–Crippen MR) is 160 cm³/mol. The third-order valence-electron chi connectivity index (χ3n) is 8.93. The van der Waals surface area contributed by atoms with Gasteiger partial charge in [0.1, 0.15) is 5.75 Å². The van der Waals surface area contributed by atoms with Crippen molar-refractivity contribution in [1.82, 2.24) is 14.7 Å². The fourth-order valence-electron chi connectivity index (χ4n) is 6.74. The average Bonchev–Trinajstić information content (AvgIpc) is 3.44. The third kappa shape index (κ3) is 7.41. The standard InChI is InChI=1S/C33H48N4O2/c1-34(2)29-16-14-27(15-17-29)32(38)26-37-23-10-13-31(37)28-11-9-12-30(25-28)39-24-18-33(35-19-5-3-6-20-35)36-21-7-4-8-22-36/h9,11-12,14-17,25,31,33H,3-8,10,13,18-24,26H2,1-2H3. The second-order valence-electron chi connectivity index (χ2n) is 11.9. The highest BCUT2D eigenvalue weighted by atomic mass is 16.5. The molecule has 6 nitrogen and oxygen atoms in total. The average molecular weight is 533 g/mol. The molecule has 212 valence electrons. The van der Waals surface area contributed by atoms with Crippen molar-refractivity contribution in [2.24, 2.45) is 0 Å². The molecule has 0 radical (unpaired) electrons. The van der Waals surface area contributed by atoms with Crippen LogP contribution in [0.3, 0.4) is 0 Å². The van der Waals surface area contributed by atoms with Crippen LogP contribution in [0.5, 0.6) is 5.75 Å². The van der Waals surface area contributed by atoms with Gasteiger partial charge < -0.3 is 9.64 Å². The fourth-order valence-corrected chi connectivity index (χ4v) is 6.74. The van der Waals surface area contributed by atoms with Crippen LogP contribution >= 0.6 is 0 Å². The Morgan fingerprint density at radius 2 is 1.54 bits per heavy atom. The minimum atomic E-state index is 0.195. The second-order valence-corrected chi connectivity index (χ2v) is 11.9. The number of ether oxygens (including phenoxy) is 1. The first-order valence-electron chi connectivity index (χ1n) is 15.3. The number of rotatable bonds is 11. The highest BCUT2D eigenvalue weighted by Gasteiger charge is 2.29. The molecule has 3 heterocycles. The fraction of sp³-hybridized carbons (Fsp3) is 0.606. The van der Waals surface area contributed by atoms with Gasteiger partial charge in [0.25, 0.3) is 0 Å². The Kier molecular flexibility index (Phi) is 9.94. The van der Waals surface area contributed by atoms with Crippen molar-refractivity contribution in [2.45, 2.75) is 70.0 Å². The number of carbonyl (C=O) groups is 1. The summed E-state index contributed by atoms with van der Waals surface area (Å²) in [4.78, 5) is 22.9. The van der Waals surface area contributed by atoms with Crippen LogP contribution in [0.1, 0.15) is 79.8 Å². The maximum atomic E-state index is 13.1. The maximum Gasteiger partial charge on any atom is 0.176 e. The van der Waals surface area contributed by atoms with Crippen molar-refractivity contribution >= 4 is 11.5 Å². The number of hydrogen-bond donors (Lipinski definition) is 0. The van der Waals surface area contributed by atoms with Crippen LogP contribution in [0.2, 0.25) is 0 Å². The number of carbonyl (C=O) groups excluding carboxylic acids is 1. The molecule has 3 saturated heterocycles. The zero-order chi connectivity index (χ0) is 27.0. The van der Waals surface area contributed by atoms with Crippen molar-refractivity contribution < 1.29 is 9.53 Å². The zero-order valence-electron chi connectivity index (χ0n) is 24.2. The van der Waals surface area contributed by atoms with Crippen molar-refractivity contribution in [1.29, 1.82) is 0 Å². The molecule has 2 aromatic carbocycles. The molecule has 0 amide bonds. The number of nitrogens with zero attached hydrogens (tertiary/aromatic N) is 4. The van der Waals surface area contributed by atoms with E-state index in [2.05, 4.69) is 43.9 Å². The van der Waals surface area contributed by atoms with Gasteiger partial charge >= 0.3 is 0 Å². The normalized spacial score (nSPS) is 21.4. The number of ketones is 1. The van der Waals surface area contributed by atoms with Gasteiger partial charge in [0.2, 0.25) is 0 Å². The molecule has 2 aromatic rings. The first-order chi connectivity index (χ1) is 19.1. The molecule has 0 N–H and O–H groups in total. The van der Waals surface area contributed by atoms with Crippen LogP contribution in [-0.2, 0) is 0 Å². The highest BCUT2D eigenvalue weighted by Crippen LogP contribution is 2.34. The Labute approximate surface area is 235 Å². The van der Waals surface area contributed by atoms with E-state index in [4.69, 9.17) is 4.74 Å². The zero-order valence-corrected chi connectivity index (χ0v) is 24.2. The van der Waals surface area contributed by atoms with E-state index in [1.54, 1.807) is 0 Å². The molecule has 6 heteroatoms. The van der Waals surface area contributed by atoms with E-state index < -0.39 is 0 Å². The minimum Gasteiger partial charge on any atom is -0.493 e. The van der Waals surface area contributed by atoms with E-state index in [0.29, 0.717) is 12.7 Å². The third-order valence-corrected chi connectivity index (χ3v) is 8.93. The molecule has 5 rings (SSSR count). The van der Waals surface area contributed by atoms with Crippen LogP contribution in [0.25, 0.3) is 0 Å². The van der Waals surface area contributed by atoms with Gasteiger partial charge in [-0.05, 0) is 113 Å². The molecule has 3 aliphatic rings. The molecule has 1 unspecified atom stereocenters. The lowest BCUT2D eigenvalue weighted by atomic mass is 10.0. The monoisotopic (exact) mass is 532 g/mol. The summed E-state index contributed by atoms with van der Waals surface area (Å²) in [6, 6.07) is 16.9. The van der Waals surface area contributed by atoms with Crippen molar-refractivity contribution in [3.8, 4) is 5.75 Å². The highest BCUT2D eigenvalue weighted by molar-refractivity contribution is 5.98. The Balaban J connectivity index is 1.18. The van der Waals surface area contributed by atoms with Gasteiger partial charge in [-0.1, -0.05) is 25.0 Å². The van der Waals surface area contributed by atoms with Gasteiger partial charge in [-0.2, -0.15) is 0 Å². The summed E-state index contributed by atoms with van der Waals surface area (Å²) in [6.45, 7) is 7.09. The summed E-state index contributed by atoms with van der Waals surface area (Å²) in [6.07, 6.45) is 11.8. The van der Waals surface area contributed by atoms with Crippen molar-refractivity contribution in [3.63, 3.8) is 0 Å². The second kappa shape index (κ2) is 13.8. The molecule has 0 aliphatic carbocycles. The number of Topliss-reactive ketones (excluding diaryl/α,β-unsaturated/α-hetero) is 1. The molecule has 0 bridgehead atoms. The molecular formula is C33H48N4O2. The van der Waals surface area contributed by atoms with Gasteiger partial charge in [0.05, 0.1) is 19.3 Å². The Hall–Kier alpha value is -2.41. The first-order valence-corrected chi connectivity index (χ1v) is 15.3. The molecule has 0 saturated carbocycles. The van der Waals surface area contributed by atoms with Gasteiger partial charge in [-0.15, -0.1) is 0 Å². The number of likely N-dealkylation sites (tertiary alicyclic amines) is 3. The summed E-state index contributed by atoms with van der Waals surface area (Å²) in [7, 11) is 4.04. The molecule has 3 aliphatic heterocycles. The lowest BCUT2D eigenvalue weighted by Gasteiger charge is -2.43. The number of anilines is 1. The van der Waals surface area contributed by atoms with Crippen molar-refractivity contribution in [2.75, 3.05) is 64.9 Å². The summed E-state index contributed by atoms with van der Waals surface area (Å²) in [5.74, 6) is 1.15. The molecule has 0 spiro atoms. The molecule has 1 atom stereocenters. The molecule has 3 fully saturated rings. The van der Waals surface area contributed by atoms with E-state index >= 15 is 0 Å². The van der Waals surface area contributed by atoms with E-state index in [-0.39, 0.29) is 11.8 Å². The molecule has 39 heavy (non-hydrogen) atoms. The van der Waals surface area contributed by atoms with Crippen LogP contribution < -0.4 is 9.64 Å². The summed E-state index contributed by atoms with van der Waals surface area (Å²) in [5, 5.41) is 0.